The second kappa shape index (κ2) is 12.3. The summed E-state index contributed by atoms with van der Waals surface area (Å²) in [5.74, 6) is -5.80. The number of halogens is 1. The molecule has 250 valence electrons. The number of carbonyl (C=O) groups is 5. The first-order valence-corrected chi connectivity index (χ1v) is 16.5. The van der Waals surface area contributed by atoms with Crippen molar-refractivity contribution in [2.24, 2.45) is 5.41 Å². The van der Waals surface area contributed by atoms with Gasteiger partial charge in [-0.2, -0.15) is 0 Å². The van der Waals surface area contributed by atoms with E-state index in [4.69, 9.17) is 11.6 Å². The number of hydrazine groups is 1. The largest absolute Gasteiger partial charge is 0.507 e. The summed E-state index contributed by atoms with van der Waals surface area (Å²) >= 11 is 6.19. The summed E-state index contributed by atoms with van der Waals surface area (Å²) < 4.78 is 0. The number of carbonyl (C=O) groups excluding carboxylic acids is 5. The van der Waals surface area contributed by atoms with Gasteiger partial charge in [-0.05, 0) is 47.2 Å². The minimum absolute atomic E-state index is 0.0183. The van der Waals surface area contributed by atoms with Crippen molar-refractivity contribution < 1.29 is 29.1 Å². The van der Waals surface area contributed by atoms with E-state index in [2.05, 4.69) is 5.43 Å². The number of aliphatic hydroxyl groups excluding tert-OH is 1. The molecule has 7 rings (SSSR count). The minimum Gasteiger partial charge on any atom is -0.507 e. The number of nitrogens with zero attached hydrogens (tertiary/aromatic N) is 2. The Morgan fingerprint density at radius 2 is 1.32 bits per heavy atom. The van der Waals surface area contributed by atoms with Crippen LogP contribution < -0.4 is 10.3 Å². The number of nitrogens with one attached hydrogen (secondary N) is 1. The first-order chi connectivity index (χ1) is 24.0. The third-order valence-corrected chi connectivity index (χ3v) is 9.69. The van der Waals surface area contributed by atoms with E-state index in [1.165, 1.54) is 36.4 Å². The summed E-state index contributed by atoms with van der Waals surface area (Å²) in [5.41, 5.74) is 0.711. The molecule has 4 aromatic carbocycles. The molecular formula is C40H32ClN3O6. The molecule has 1 spiro atoms. The number of amides is 3. The number of allylic oxidation sites excluding steroid dienone is 1. The van der Waals surface area contributed by atoms with Crippen molar-refractivity contribution in [1.82, 2.24) is 10.4 Å². The van der Waals surface area contributed by atoms with Gasteiger partial charge >= 0.3 is 5.91 Å². The van der Waals surface area contributed by atoms with Crippen LogP contribution in [-0.2, 0) is 24.0 Å². The number of ketones is 2. The number of Topliss-reactive ketones (excluding diaryl/α,β-unsaturated/α-hetero) is 2. The number of aliphatic hydroxyl groups is 1. The summed E-state index contributed by atoms with van der Waals surface area (Å²) in [6, 6.07) is 32.0. The van der Waals surface area contributed by atoms with Crippen molar-refractivity contribution in [2.45, 2.75) is 38.1 Å². The molecule has 3 aliphatic rings. The van der Waals surface area contributed by atoms with Gasteiger partial charge in [0.15, 0.2) is 11.3 Å². The molecule has 0 radical (unpaired) electrons. The normalized spacial score (nSPS) is 21.0. The van der Waals surface area contributed by atoms with E-state index in [0.29, 0.717) is 16.1 Å². The number of rotatable bonds is 6. The standard InChI is InChI=1S/C40H32ClN3O6/c1-39(2)22-29-32(30(45)23-39)40(38(50)44(29)42-36(48)31(24-12-6-3-7-13-24)25-14-8-4-9-15-25)33(34(46)26-16-10-5-11-17-26)35(47)37(49)43(40)28-20-18-27(41)19-21-28/h3-21,31,46H,22-23H2,1-2H3,(H,42,48)/b34-33-. The van der Waals surface area contributed by atoms with E-state index in [1.807, 2.05) is 26.0 Å². The lowest BCUT2D eigenvalue weighted by Gasteiger charge is -2.37. The number of hydrogen-bond donors (Lipinski definition) is 2. The summed E-state index contributed by atoms with van der Waals surface area (Å²) in [6.07, 6.45) is 0.120. The number of fused-ring (bicyclic) bond motifs is 1. The first kappa shape index (κ1) is 32.7. The molecule has 0 aromatic heterocycles. The molecule has 2 heterocycles. The number of benzene rings is 4. The van der Waals surface area contributed by atoms with Crippen LogP contribution >= 0.6 is 11.6 Å². The number of anilines is 1. The maximum atomic E-state index is 15.4. The molecule has 9 nitrogen and oxygen atoms in total. The Hall–Kier alpha value is -5.80. The lowest BCUT2D eigenvalue weighted by Crippen LogP contribution is -2.59. The van der Waals surface area contributed by atoms with E-state index < -0.39 is 57.5 Å². The average Bonchev–Trinajstić information content (AvgIpc) is 3.47. The monoisotopic (exact) mass is 685 g/mol. The van der Waals surface area contributed by atoms with Crippen LogP contribution in [0.3, 0.4) is 0 Å². The Morgan fingerprint density at radius 1 is 0.780 bits per heavy atom. The van der Waals surface area contributed by atoms with E-state index in [-0.39, 0.29) is 35.4 Å². The highest BCUT2D eigenvalue weighted by Gasteiger charge is 2.71. The fourth-order valence-electron chi connectivity index (χ4n) is 7.36. The van der Waals surface area contributed by atoms with Crippen LogP contribution in [0.2, 0.25) is 5.02 Å². The third kappa shape index (κ3) is 5.13. The maximum Gasteiger partial charge on any atom is 0.300 e. The molecular weight excluding hydrogens is 654 g/mol. The molecule has 2 aliphatic heterocycles. The third-order valence-electron chi connectivity index (χ3n) is 9.44. The smallest absolute Gasteiger partial charge is 0.300 e. The van der Waals surface area contributed by atoms with Gasteiger partial charge in [-0.25, -0.2) is 5.01 Å². The minimum atomic E-state index is -2.44. The second-order valence-electron chi connectivity index (χ2n) is 13.4. The highest BCUT2D eigenvalue weighted by molar-refractivity contribution is 6.56. The van der Waals surface area contributed by atoms with Crippen LogP contribution in [0, 0.1) is 5.41 Å². The Bertz CT molecular complexity index is 2090. The topological polar surface area (TPSA) is 124 Å². The van der Waals surface area contributed by atoms with Gasteiger partial charge in [-0.1, -0.05) is 116 Å². The zero-order chi connectivity index (χ0) is 35.4. The quantitative estimate of drug-likeness (QED) is 0.139. The van der Waals surface area contributed by atoms with Crippen molar-refractivity contribution in [3.05, 3.63) is 154 Å². The molecule has 0 saturated carbocycles. The van der Waals surface area contributed by atoms with Crippen molar-refractivity contribution in [3.63, 3.8) is 0 Å². The number of hydrogen-bond acceptors (Lipinski definition) is 6. The molecule has 1 atom stereocenters. The van der Waals surface area contributed by atoms with Crippen LogP contribution in [0.25, 0.3) is 5.76 Å². The average molecular weight is 686 g/mol. The van der Waals surface area contributed by atoms with Gasteiger partial charge in [0.25, 0.3) is 17.6 Å². The van der Waals surface area contributed by atoms with Gasteiger partial charge in [0, 0.05) is 22.7 Å². The van der Waals surface area contributed by atoms with E-state index in [0.717, 1.165) is 9.91 Å². The molecule has 50 heavy (non-hydrogen) atoms. The summed E-state index contributed by atoms with van der Waals surface area (Å²) in [7, 11) is 0. The predicted octanol–water partition coefficient (Wildman–Crippen LogP) is 6.31. The van der Waals surface area contributed by atoms with Gasteiger partial charge in [0.05, 0.1) is 22.8 Å². The fourth-order valence-corrected chi connectivity index (χ4v) is 7.48. The highest BCUT2D eigenvalue weighted by atomic mass is 35.5. The summed E-state index contributed by atoms with van der Waals surface area (Å²) in [5, 5.41) is 13.2. The predicted molar refractivity (Wildman–Crippen MR) is 187 cm³/mol. The van der Waals surface area contributed by atoms with Crippen LogP contribution in [0.5, 0.6) is 0 Å². The van der Waals surface area contributed by atoms with Crippen molar-refractivity contribution in [2.75, 3.05) is 4.90 Å². The SMILES string of the molecule is CC1(C)CC(=O)C2=C(C1)N(NC(=O)C(c1ccccc1)c1ccccc1)C(=O)C21/C(=C(\O)c2ccccc2)C(=O)C(=O)N1c1ccc(Cl)cc1. The molecule has 1 saturated heterocycles. The molecule has 1 fully saturated rings. The van der Waals surface area contributed by atoms with Crippen LogP contribution in [0.15, 0.2) is 132 Å². The Kier molecular flexibility index (Phi) is 8.03. The Balaban J connectivity index is 1.48. The van der Waals surface area contributed by atoms with E-state index in [1.54, 1.807) is 66.7 Å². The molecule has 2 N–H and O–H groups in total. The molecule has 10 heteroatoms. The lowest BCUT2D eigenvalue weighted by atomic mass is 9.70. The van der Waals surface area contributed by atoms with Gasteiger partial charge in [-0.15, -0.1) is 0 Å². The zero-order valence-corrected chi connectivity index (χ0v) is 28.0. The zero-order valence-electron chi connectivity index (χ0n) is 27.2. The molecule has 1 unspecified atom stereocenters. The lowest BCUT2D eigenvalue weighted by molar-refractivity contribution is -0.140. The second-order valence-corrected chi connectivity index (χ2v) is 13.8. The summed E-state index contributed by atoms with van der Waals surface area (Å²) in [6.45, 7) is 3.72. The van der Waals surface area contributed by atoms with Crippen LogP contribution in [0.1, 0.15) is 49.3 Å². The van der Waals surface area contributed by atoms with Gasteiger partial charge in [-0.3, -0.25) is 34.3 Å². The summed E-state index contributed by atoms with van der Waals surface area (Å²) in [4.78, 5) is 73.6. The van der Waals surface area contributed by atoms with Gasteiger partial charge in [0.2, 0.25) is 0 Å². The molecule has 3 amide bonds. The molecule has 4 aromatic rings. The van der Waals surface area contributed by atoms with Crippen LogP contribution in [0.4, 0.5) is 5.69 Å². The Labute approximate surface area is 293 Å². The van der Waals surface area contributed by atoms with E-state index in [9.17, 15) is 24.3 Å². The van der Waals surface area contributed by atoms with Crippen LogP contribution in [-0.4, -0.2) is 44.9 Å². The van der Waals surface area contributed by atoms with Gasteiger partial charge in [0.1, 0.15) is 5.76 Å². The maximum absolute atomic E-state index is 15.4. The van der Waals surface area contributed by atoms with Gasteiger partial charge < -0.3 is 5.11 Å². The molecule has 1 aliphatic carbocycles. The van der Waals surface area contributed by atoms with Crippen molar-refractivity contribution in [3.8, 4) is 0 Å². The van der Waals surface area contributed by atoms with Crippen molar-refractivity contribution in [1.29, 1.82) is 0 Å². The fraction of sp³-hybridized carbons (Fsp3) is 0.175. The van der Waals surface area contributed by atoms with E-state index >= 15 is 4.79 Å². The highest BCUT2D eigenvalue weighted by Crippen LogP contribution is 2.55. The Morgan fingerprint density at radius 3 is 1.88 bits per heavy atom. The van der Waals surface area contributed by atoms with Crippen molar-refractivity contribution >= 4 is 52.3 Å². The first-order valence-electron chi connectivity index (χ1n) is 16.1. The molecule has 0 bridgehead atoms.